The summed E-state index contributed by atoms with van der Waals surface area (Å²) >= 11 is 0. The molecular formula is C23H23FN4O4. The minimum Gasteiger partial charge on any atom is -0.457 e. The van der Waals surface area contributed by atoms with E-state index in [0.29, 0.717) is 29.7 Å². The number of hydrogen-bond donors (Lipinski definition) is 2. The van der Waals surface area contributed by atoms with E-state index in [1.54, 1.807) is 12.1 Å². The molecule has 4 rings (SSSR count). The second-order valence-corrected chi connectivity index (χ2v) is 8.09. The summed E-state index contributed by atoms with van der Waals surface area (Å²) in [5.74, 6) is -0.842. The predicted octanol–water partition coefficient (Wildman–Crippen LogP) is 1.81. The molecule has 0 aliphatic carbocycles. The smallest absolute Gasteiger partial charge is 0.338 e. The third-order valence-electron chi connectivity index (χ3n) is 6.07. The van der Waals surface area contributed by atoms with E-state index in [-0.39, 0.29) is 31.4 Å². The number of benzene rings is 1. The van der Waals surface area contributed by atoms with Gasteiger partial charge in [-0.25, -0.2) is 14.2 Å². The zero-order valence-electron chi connectivity index (χ0n) is 17.5. The van der Waals surface area contributed by atoms with Crippen LogP contribution in [0.4, 0.5) is 4.39 Å². The van der Waals surface area contributed by atoms with Crippen LogP contribution in [0.1, 0.15) is 55.6 Å². The zero-order chi connectivity index (χ0) is 22.8. The van der Waals surface area contributed by atoms with E-state index in [2.05, 4.69) is 10.3 Å². The Kier molecular flexibility index (Phi) is 6.17. The molecule has 2 N–H and O–H groups in total. The number of halogens is 1. The van der Waals surface area contributed by atoms with Crippen LogP contribution in [0.25, 0.3) is 0 Å². The minimum absolute atomic E-state index is 0.0778. The fourth-order valence-electron chi connectivity index (χ4n) is 4.20. The molecule has 0 saturated carbocycles. The van der Waals surface area contributed by atoms with Crippen LogP contribution in [-0.4, -0.2) is 58.7 Å². The number of esters is 1. The van der Waals surface area contributed by atoms with Crippen molar-refractivity contribution in [1.29, 1.82) is 5.26 Å². The third-order valence-corrected chi connectivity index (χ3v) is 6.07. The van der Waals surface area contributed by atoms with Crippen molar-refractivity contribution in [3.05, 3.63) is 64.0 Å². The molecule has 1 saturated heterocycles. The van der Waals surface area contributed by atoms with Crippen LogP contribution < -0.4 is 5.32 Å². The Hall–Kier alpha value is -3.35. The van der Waals surface area contributed by atoms with E-state index in [1.807, 2.05) is 17.9 Å². The highest BCUT2D eigenvalue weighted by Gasteiger charge is 2.32. The van der Waals surface area contributed by atoms with Crippen LogP contribution in [0, 0.1) is 18.3 Å². The first kappa shape index (κ1) is 21.9. The molecule has 0 radical (unpaired) electrons. The van der Waals surface area contributed by atoms with Crippen LogP contribution in [0.2, 0.25) is 0 Å². The number of carbonyl (C=O) groups is 2. The highest BCUT2D eigenvalue weighted by atomic mass is 19.1. The number of nitriles is 1. The van der Waals surface area contributed by atoms with Gasteiger partial charge in [0.15, 0.2) is 0 Å². The van der Waals surface area contributed by atoms with Gasteiger partial charge in [0.25, 0.3) is 5.91 Å². The van der Waals surface area contributed by atoms with Crippen LogP contribution in [-0.2, 0) is 11.3 Å². The number of aromatic nitrogens is 1. The maximum absolute atomic E-state index is 14.8. The minimum atomic E-state index is -1.30. The number of aliphatic hydroxyl groups is 1. The van der Waals surface area contributed by atoms with Crippen molar-refractivity contribution in [3.63, 3.8) is 0 Å². The van der Waals surface area contributed by atoms with Gasteiger partial charge in [-0.15, -0.1) is 0 Å². The Morgan fingerprint density at radius 1 is 1.44 bits per heavy atom. The molecule has 2 aliphatic heterocycles. The number of pyridine rings is 1. The van der Waals surface area contributed by atoms with Crippen molar-refractivity contribution in [2.45, 2.75) is 38.3 Å². The second-order valence-electron chi connectivity index (χ2n) is 8.09. The Morgan fingerprint density at radius 3 is 2.94 bits per heavy atom. The molecule has 2 aliphatic rings. The Morgan fingerprint density at radius 2 is 2.25 bits per heavy atom. The Balaban J connectivity index is 1.34. The molecule has 2 aromatic rings. The largest absolute Gasteiger partial charge is 0.457 e. The number of cyclic esters (lactones) is 1. The molecule has 1 aromatic heterocycles. The first-order chi connectivity index (χ1) is 15.4. The molecule has 9 heteroatoms. The average Bonchev–Trinajstić information content (AvgIpc) is 3.17. The van der Waals surface area contributed by atoms with Crippen LogP contribution in [0.15, 0.2) is 30.5 Å². The highest BCUT2D eigenvalue weighted by molar-refractivity contribution is 5.94. The van der Waals surface area contributed by atoms with Gasteiger partial charge in [-0.3, -0.25) is 9.69 Å². The van der Waals surface area contributed by atoms with Gasteiger partial charge in [-0.05, 0) is 42.7 Å². The van der Waals surface area contributed by atoms with Crippen molar-refractivity contribution < 1.29 is 23.8 Å². The molecule has 3 heterocycles. The lowest BCUT2D eigenvalue weighted by Crippen LogP contribution is -2.53. The number of nitrogens with one attached hydrogen (secondary N) is 1. The number of β-amino-alcohol motifs (C(OH)–C–C–N with tert-alkyl or cyclic N) is 1. The van der Waals surface area contributed by atoms with Crippen molar-refractivity contribution in [2.75, 3.05) is 19.6 Å². The number of amides is 1. The van der Waals surface area contributed by atoms with Crippen molar-refractivity contribution in [2.24, 2.45) is 0 Å². The number of piperidine rings is 1. The van der Waals surface area contributed by atoms with Crippen molar-refractivity contribution in [3.8, 4) is 6.07 Å². The second kappa shape index (κ2) is 9.02. The molecule has 1 aromatic carbocycles. The fourth-order valence-corrected chi connectivity index (χ4v) is 4.20. The number of carbonyl (C=O) groups excluding carboxylic acids is 2. The average molecular weight is 438 g/mol. The van der Waals surface area contributed by atoms with Crippen LogP contribution in [0.3, 0.4) is 0 Å². The number of alkyl halides is 1. The SMILES string of the molecule is Cc1c(C(O)CN2CCC(NC(=O)c3ccc(C#N)cn3)C(F)C2)ccc2c1COC2=O. The lowest BCUT2D eigenvalue weighted by molar-refractivity contribution is 0.0526. The Bertz CT molecular complexity index is 1080. The van der Waals surface area contributed by atoms with Gasteiger partial charge in [0, 0.05) is 31.4 Å². The number of likely N-dealkylation sites (tertiary alicyclic amines) is 1. The topological polar surface area (TPSA) is 116 Å². The molecule has 0 spiro atoms. The maximum atomic E-state index is 14.8. The molecule has 166 valence electrons. The summed E-state index contributed by atoms with van der Waals surface area (Å²) < 4.78 is 19.8. The van der Waals surface area contributed by atoms with Gasteiger partial charge in [-0.1, -0.05) is 6.07 Å². The van der Waals surface area contributed by atoms with Gasteiger partial charge in [0.05, 0.1) is 23.3 Å². The standard InChI is InChI=1S/C23H23FN4O4/c1-13-15(3-4-16-17(13)12-32-23(16)31)21(29)11-28-7-6-19(18(24)10-28)27-22(30)20-5-2-14(8-25)9-26-20/h2-5,9,18-19,21,29H,6-7,10-12H2,1H3,(H,27,30). The molecule has 0 bridgehead atoms. The number of fused-ring (bicyclic) bond motifs is 1. The number of rotatable bonds is 5. The quantitative estimate of drug-likeness (QED) is 0.684. The summed E-state index contributed by atoms with van der Waals surface area (Å²) in [5.41, 5.74) is 3.29. The normalized spacial score (nSPS) is 21.4. The summed E-state index contributed by atoms with van der Waals surface area (Å²) in [4.78, 5) is 29.8. The van der Waals surface area contributed by atoms with Gasteiger partial charge >= 0.3 is 5.97 Å². The molecule has 3 unspecified atom stereocenters. The van der Waals surface area contributed by atoms with Gasteiger partial charge in [0.1, 0.15) is 24.5 Å². The number of aliphatic hydroxyl groups excluding tert-OH is 1. The number of nitrogens with zero attached hydrogens (tertiary/aromatic N) is 3. The van der Waals surface area contributed by atoms with Gasteiger partial charge in [0.2, 0.25) is 0 Å². The van der Waals surface area contributed by atoms with Crippen molar-refractivity contribution in [1.82, 2.24) is 15.2 Å². The van der Waals surface area contributed by atoms with Crippen LogP contribution in [0.5, 0.6) is 0 Å². The molecule has 8 nitrogen and oxygen atoms in total. The van der Waals surface area contributed by atoms with E-state index in [0.717, 1.165) is 11.1 Å². The van der Waals surface area contributed by atoms with E-state index in [4.69, 9.17) is 10.00 Å². The monoisotopic (exact) mass is 438 g/mol. The van der Waals surface area contributed by atoms with E-state index in [1.165, 1.54) is 18.3 Å². The molecule has 32 heavy (non-hydrogen) atoms. The molecule has 3 atom stereocenters. The lowest BCUT2D eigenvalue weighted by atomic mass is 9.94. The first-order valence-electron chi connectivity index (χ1n) is 10.4. The summed E-state index contributed by atoms with van der Waals surface area (Å²) in [7, 11) is 0. The molecule has 1 fully saturated rings. The molecule has 1 amide bonds. The maximum Gasteiger partial charge on any atom is 0.338 e. The summed E-state index contributed by atoms with van der Waals surface area (Å²) in [6.07, 6.45) is -0.446. The third kappa shape index (κ3) is 4.33. The van der Waals surface area contributed by atoms with E-state index in [9.17, 15) is 19.1 Å². The van der Waals surface area contributed by atoms with Gasteiger partial charge < -0.3 is 15.2 Å². The highest BCUT2D eigenvalue weighted by Crippen LogP contribution is 2.30. The lowest BCUT2D eigenvalue weighted by Gasteiger charge is -2.36. The summed E-state index contributed by atoms with van der Waals surface area (Å²) in [6, 6.07) is 7.58. The number of hydrogen-bond acceptors (Lipinski definition) is 7. The molecular weight excluding hydrogens is 415 g/mol. The van der Waals surface area contributed by atoms with E-state index < -0.39 is 24.2 Å². The number of ether oxygens (including phenoxy) is 1. The van der Waals surface area contributed by atoms with Gasteiger partial charge in [-0.2, -0.15) is 5.26 Å². The fraction of sp³-hybridized carbons (Fsp3) is 0.391. The van der Waals surface area contributed by atoms with Crippen molar-refractivity contribution >= 4 is 11.9 Å². The zero-order valence-corrected chi connectivity index (χ0v) is 17.5. The van der Waals surface area contributed by atoms with E-state index >= 15 is 0 Å². The summed E-state index contributed by atoms with van der Waals surface area (Å²) in [5, 5.41) is 22.2. The van der Waals surface area contributed by atoms with Crippen LogP contribution >= 0.6 is 0 Å². The Labute approximate surface area is 184 Å². The predicted molar refractivity (Wildman–Crippen MR) is 111 cm³/mol. The first-order valence-corrected chi connectivity index (χ1v) is 10.4. The summed E-state index contributed by atoms with van der Waals surface area (Å²) in [6.45, 7) is 2.87.